The maximum absolute atomic E-state index is 12.1. The average Bonchev–Trinajstić information content (AvgIpc) is 3.14. The number of hydrogen-bond donors (Lipinski definition) is 1. The molecule has 120 valence electrons. The van der Waals surface area contributed by atoms with Crippen LogP contribution in [-0.2, 0) is 4.79 Å². The van der Waals surface area contributed by atoms with E-state index in [2.05, 4.69) is 26.5 Å². The van der Waals surface area contributed by atoms with Crippen LogP contribution >= 0.6 is 0 Å². The zero-order chi connectivity index (χ0) is 16.6. The monoisotopic (exact) mass is 311 g/mol. The molecular weight excluding hydrogens is 290 g/mol. The zero-order valence-corrected chi connectivity index (χ0v) is 13.8. The topological polar surface area (TPSA) is 74.8 Å². The maximum atomic E-state index is 12.1. The molecule has 0 saturated carbocycles. The number of carbonyl (C=O) groups is 1. The third kappa shape index (κ3) is 3.16. The van der Waals surface area contributed by atoms with Gasteiger partial charge in [0.2, 0.25) is 5.91 Å². The molecular formula is C17H21N5O. The number of carbonyl (C=O) groups excluding carboxylic acids is 1. The van der Waals surface area contributed by atoms with Crippen molar-refractivity contribution in [3.8, 4) is 11.5 Å². The van der Waals surface area contributed by atoms with Crippen molar-refractivity contribution < 1.29 is 4.79 Å². The van der Waals surface area contributed by atoms with Gasteiger partial charge in [0, 0.05) is 42.2 Å². The van der Waals surface area contributed by atoms with E-state index in [1.54, 1.807) is 13.1 Å². The predicted octanol–water partition coefficient (Wildman–Crippen LogP) is 2.38. The molecule has 1 aliphatic rings. The van der Waals surface area contributed by atoms with Crippen LogP contribution in [-0.4, -0.2) is 43.8 Å². The van der Waals surface area contributed by atoms with Crippen molar-refractivity contribution in [1.82, 2.24) is 24.8 Å². The van der Waals surface area contributed by atoms with E-state index < -0.39 is 0 Å². The van der Waals surface area contributed by atoms with Crippen LogP contribution in [0.1, 0.15) is 36.5 Å². The van der Waals surface area contributed by atoms with E-state index in [1.807, 2.05) is 24.8 Å². The standard InChI is InChI=1S/C17H21N5O/c1-10(2)17(23)22-6-5-13(9-22)15-19-11(3)7-14(21-15)16-18-8-12(4)20-16/h7-8,13H,1,5-6,9H2,2-4H3,(H,18,20). The summed E-state index contributed by atoms with van der Waals surface area (Å²) in [5, 5.41) is 0. The third-order valence-electron chi connectivity index (χ3n) is 4.02. The van der Waals surface area contributed by atoms with Gasteiger partial charge in [0.25, 0.3) is 0 Å². The fourth-order valence-corrected chi connectivity index (χ4v) is 2.86. The second-order valence-electron chi connectivity index (χ2n) is 6.18. The molecule has 0 radical (unpaired) electrons. The summed E-state index contributed by atoms with van der Waals surface area (Å²) in [5.41, 5.74) is 3.27. The molecule has 3 heterocycles. The molecule has 1 aliphatic heterocycles. The number of nitrogens with one attached hydrogen (secondary N) is 1. The van der Waals surface area contributed by atoms with Crippen molar-refractivity contribution in [1.29, 1.82) is 0 Å². The first kappa shape index (κ1) is 15.4. The molecule has 1 saturated heterocycles. The lowest BCUT2D eigenvalue weighted by molar-refractivity contribution is -0.126. The first-order chi connectivity index (χ1) is 10.9. The van der Waals surface area contributed by atoms with Gasteiger partial charge >= 0.3 is 0 Å². The van der Waals surface area contributed by atoms with Crippen molar-refractivity contribution in [2.75, 3.05) is 13.1 Å². The van der Waals surface area contributed by atoms with Crippen LogP contribution in [0.5, 0.6) is 0 Å². The molecule has 0 aromatic carbocycles. The van der Waals surface area contributed by atoms with E-state index in [0.717, 1.165) is 41.7 Å². The Hall–Kier alpha value is -2.50. The number of aromatic nitrogens is 4. The van der Waals surface area contributed by atoms with E-state index in [0.29, 0.717) is 12.1 Å². The summed E-state index contributed by atoms with van der Waals surface area (Å²) in [6.45, 7) is 10.8. The molecule has 0 bridgehead atoms. The Balaban J connectivity index is 1.85. The molecule has 6 heteroatoms. The van der Waals surface area contributed by atoms with E-state index in [9.17, 15) is 4.79 Å². The number of hydrogen-bond acceptors (Lipinski definition) is 4. The van der Waals surface area contributed by atoms with Crippen molar-refractivity contribution in [3.05, 3.63) is 41.6 Å². The molecule has 0 aliphatic carbocycles. The summed E-state index contributed by atoms with van der Waals surface area (Å²) >= 11 is 0. The maximum Gasteiger partial charge on any atom is 0.248 e. The summed E-state index contributed by atoms with van der Waals surface area (Å²) in [5.74, 6) is 1.71. The van der Waals surface area contributed by atoms with Crippen LogP contribution in [0.2, 0.25) is 0 Å². The van der Waals surface area contributed by atoms with Gasteiger partial charge in [0.15, 0.2) is 5.82 Å². The lowest BCUT2D eigenvalue weighted by Gasteiger charge is -2.16. The second-order valence-corrected chi connectivity index (χ2v) is 6.18. The van der Waals surface area contributed by atoms with Crippen molar-refractivity contribution in [3.63, 3.8) is 0 Å². The van der Waals surface area contributed by atoms with Crippen molar-refractivity contribution >= 4 is 5.91 Å². The van der Waals surface area contributed by atoms with Crippen LogP contribution < -0.4 is 0 Å². The van der Waals surface area contributed by atoms with Crippen LogP contribution in [0, 0.1) is 13.8 Å². The van der Waals surface area contributed by atoms with Crippen LogP contribution in [0.4, 0.5) is 0 Å². The van der Waals surface area contributed by atoms with Gasteiger partial charge in [-0.25, -0.2) is 15.0 Å². The summed E-state index contributed by atoms with van der Waals surface area (Å²) in [6.07, 6.45) is 2.66. The number of aryl methyl sites for hydroxylation is 2. The molecule has 0 spiro atoms. The quantitative estimate of drug-likeness (QED) is 0.883. The average molecular weight is 311 g/mol. The lowest BCUT2D eigenvalue weighted by Crippen LogP contribution is -2.28. The van der Waals surface area contributed by atoms with E-state index in [4.69, 9.17) is 0 Å². The van der Waals surface area contributed by atoms with Gasteiger partial charge in [0.1, 0.15) is 11.5 Å². The van der Waals surface area contributed by atoms with E-state index >= 15 is 0 Å². The Morgan fingerprint density at radius 2 is 2.17 bits per heavy atom. The Morgan fingerprint density at radius 3 is 2.83 bits per heavy atom. The molecule has 1 atom stereocenters. The first-order valence-corrected chi connectivity index (χ1v) is 7.76. The van der Waals surface area contributed by atoms with Gasteiger partial charge in [-0.2, -0.15) is 0 Å². The molecule has 1 unspecified atom stereocenters. The van der Waals surface area contributed by atoms with Crippen LogP contribution in [0.15, 0.2) is 24.4 Å². The number of amides is 1. The number of imidazole rings is 1. The number of nitrogens with zero attached hydrogens (tertiary/aromatic N) is 4. The molecule has 1 fully saturated rings. The third-order valence-corrected chi connectivity index (χ3v) is 4.02. The van der Waals surface area contributed by atoms with E-state index in [-0.39, 0.29) is 11.8 Å². The highest BCUT2D eigenvalue weighted by Crippen LogP contribution is 2.27. The summed E-state index contributed by atoms with van der Waals surface area (Å²) < 4.78 is 0. The number of rotatable bonds is 3. The zero-order valence-electron chi connectivity index (χ0n) is 13.8. The first-order valence-electron chi connectivity index (χ1n) is 7.76. The summed E-state index contributed by atoms with van der Waals surface area (Å²) in [7, 11) is 0. The second kappa shape index (κ2) is 5.95. The van der Waals surface area contributed by atoms with Crippen LogP contribution in [0.3, 0.4) is 0 Å². The highest BCUT2D eigenvalue weighted by molar-refractivity contribution is 5.92. The normalized spacial score (nSPS) is 17.5. The minimum Gasteiger partial charge on any atom is -0.341 e. The Kier molecular flexibility index (Phi) is 3.98. The van der Waals surface area contributed by atoms with Crippen molar-refractivity contribution in [2.24, 2.45) is 0 Å². The minimum atomic E-state index is 0.0158. The smallest absolute Gasteiger partial charge is 0.248 e. The summed E-state index contributed by atoms with van der Waals surface area (Å²) in [4.78, 5) is 30.7. The summed E-state index contributed by atoms with van der Waals surface area (Å²) in [6, 6.07) is 1.92. The van der Waals surface area contributed by atoms with Crippen molar-refractivity contribution in [2.45, 2.75) is 33.1 Å². The van der Waals surface area contributed by atoms with E-state index in [1.165, 1.54) is 0 Å². The van der Waals surface area contributed by atoms with Gasteiger partial charge in [-0.3, -0.25) is 4.79 Å². The van der Waals surface area contributed by atoms with Gasteiger partial charge in [-0.1, -0.05) is 6.58 Å². The molecule has 6 nitrogen and oxygen atoms in total. The Bertz CT molecular complexity index is 764. The molecule has 1 N–H and O–H groups in total. The fraction of sp³-hybridized carbons (Fsp3) is 0.412. The fourth-order valence-electron chi connectivity index (χ4n) is 2.86. The molecule has 3 rings (SSSR count). The Morgan fingerprint density at radius 1 is 1.39 bits per heavy atom. The highest BCUT2D eigenvalue weighted by Gasteiger charge is 2.29. The SMILES string of the molecule is C=C(C)C(=O)N1CCC(c2nc(C)cc(-c3ncc(C)[nH]3)n2)C1. The number of likely N-dealkylation sites (tertiary alicyclic amines) is 1. The lowest BCUT2D eigenvalue weighted by atomic mass is 10.1. The molecule has 1 amide bonds. The predicted molar refractivity (Wildman–Crippen MR) is 87.8 cm³/mol. The Labute approximate surface area is 135 Å². The largest absolute Gasteiger partial charge is 0.341 e. The minimum absolute atomic E-state index is 0.0158. The van der Waals surface area contributed by atoms with Gasteiger partial charge < -0.3 is 9.88 Å². The molecule has 2 aromatic rings. The van der Waals surface area contributed by atoms with Gasteiger partial charge in [-0.05, 0) is 33.3 Å². The number of aromatic amines is 1. The highest BCUT2D eigenvalue weighted by atomic mass is 16.2. The van der Waals surface area contributed by atoms with Crippen LogP contribution in [0.25, 0.3) is 11.5 Å². The molecule has 2 aromatic heterocycles. The number of H-pyrrole nitrogens is 1. The molecule has 23 heavy (non-hydrogen) atoms. The van der Waals surface area contributed by atoms with Gasteiger partial charge in [0.05, 0.1) is 0 Å². The van der Waals surface area contributed by atoms with Gasteiger partial charge in [-0.15, -0.1) is 0 Å².